The lowest BCUT2D eigenvalue weighted by atomic mass is 10.1. The number of amides is 3. The highest BCUT2D eigenvalue weighted by Gasteiger charge is 2.52. The second kappa shape index (κ2) is 6.48. The number of likely N-dealkylation sites (N-methyl/N-ethyl adjacent to an activating group) is 2. The third-order valence-electron chi connectivity index (χ3n) is 3.48. The van der Waals surface area contributed by atoms with Crippen molar-refractivity contribution in [2.24, 2.45) is 4.99 Å². The van der Waals surface area contributed by atoms with Gasteiger partial charge in [0.25, 0.3) is 17.8 Å². The molecule has 2 heterocycles. The lowest BCUT2D eigenvalue weighted by Gasteiger charge is -2.30. The number of thioether (sulfide) groups is 1. The highest BCUT2D eigenvalue weighted by Crippen LogP contribution is 2.23. The lowest BCUT2D eigenvalue weighted by Crippen LogP contribution is -2.61. The van der Waals surface area contributed by atoms with E-state index >= 15 is 0 Å². The standard InChI is InChI=1S/C15H21N4O2S/c1-6-7-8-22-14-16-12-11(19(14)9-10(2)3)13(20)18(5)15(21)17(12)4/h6-7,11H,2,8-9H2,1,3-5H3/q+1/b7-6-. The number of rotatable bonds is 4. The summed E-state index contributed by atoms with van der Waals surface area (Å²) in [4.78, 5) is 31.7. The van der Waals surface area contributed by atoms with E-state index in [1.54, 1.807) is 18.8 Å². The molecule has 2 rings (SSSR count). The summed E-state index contributed by atoms with van der Waals surface area (Å²) >= 11 is 1.55. The van der Waals surface area contributed by atoms with E-state index in [0.717, 1.165) is 21.4 Å². The summed E-state index contributed by atoms with van der Waals surface area (Å²) in [6.07, 6.45) is 4.00. The molecule has 22 heavy (non-hydrogen) atoms. The Morgan fingerprint density at radius 2 is 2.09 bits per heavy atom. The number of amidine groups is 2. The first-order chi connectivity index (χ1) is 10.4. The second-order valence-corrected chi connectivity index (χ2v) is 6.35. The number of hydrogen-bond acceptors (Lipinski definition) is 4. The molecule has 1 saturated heterocycles. The number of fused-ring (bicyclic) bond motifs is 1. The van der Waals surface area contributed by atoms with Gasteiger partial charge in [0, 0.05) is 19.8 Å². The molecule has 1 unspecified atom stereocenters. The van der Waals surface area contributed by atoms with Gasteiger partial charge in [-0.15, -0.1) is 0 Å². The van der Waals surface area contributed by atoms with E-state index in [4.69, 9.17) is 0 Å². The average molecular weight is 321 g/mol. The SMILES string of the molecule is C=C(C)C[N+]1=C(SC/C=C\C)N=C2C1C(=O)N(C)C(=O)N2C. The molecule has 0 saturated carbocycles. The van der Waals surface area contributed by atoms with Gasteiger partial charge in [0.15, 0.2) is 0 Å². The maximum atomic E-state index is 12.5. The van der Waals surface area contributed by atoms with Crippen molar-refractivity contribution in [3.63, 3.8) is 0 Å². The van der Waals surface area contributed by atoms with Gasteiger partial charge in [0.1, 0.15) is 6.54 Å². The number of urea groups is 1. The molecule has 3 amide bonds. The smallest absolute Gasteiger partial charge is 0.269 e. The summed E-state index contributed by atoms with van der Waals surface area (Å²) in [5.41, 5.74) is 0.940. The first kappa shape index (κ1) is 16.5. The third kappa shape index (κ3) is 2.85. The zero-order chi connectivity index (χ0) is 16.4. The molecule has 0 aromatic carbocycles. The molecule has 0 radical (unpaired) electrons. The van der Waals surface area contributed by atoms with Crippen molar-refractivity contribution in [2.75, 3.05) is 26.4 Å². The van der Waals surface area contributed by atoms with Crippen LogP contribution in [-0.4, -0.2) is 69.8 Å². The number of imide groups is 1. The van der Waals surface area contributed by atoms with Crippen molar-refractivity contribution in [2.45, 2.75) is 19.9 Å². The van der Waals surface area contributed by atoms with Gasteiger partial charge in [0.05, 0.1) is 0 Å². The summed E-state index contributed by atoms with van der Waals surface area (Å²) in [6, 6.07) is -0.896. The van der Waals surface area contributed by atoms with Crippen LogP contribution in [0.2, 0.25) is 0 Å². The molecule has 0 aliphatic carbocycles. The normalized spacial score (nSPS) is 21.8. The molecule has 7 heteroatoms. The molecule has 0 N–H and O–H groups in total. The Balaban J connectivity index is 2.40. The van der Waals surface area contributed by atoms with Crippen molar-refractivity contribution >= 4 is 34.7 Å². The summed E-state index contributed by atoms with van der Waals surface area (Å²) in [7, 11) is 3.15. The van der Waals surface area contributed by atoms with Gasteiger partial charge >= 0.3 is 11.2 Å². The molecule has 2 aliphatic rings. The zero-order valence-corrected chi connectivity index (χ0v) is 14.2. The average Bonchev–Trinajstić information content (AvgIpc) is 2.81. The predicted octanol–water partition coefficient (Wildman–Crippen LogP) is 1.54. The summed E-state index contributed by atoms with van der Waals surface area (Å²) < 4.78 is 1.92. The van der Waals surface area contributed by atoms with E-state index in [9.17, 15) is 9.59 Å². The lowest BCUT2D eigenvalue weighted by molar-refractivity contribution is -0.524. The fraction of sp³-hybridized carbons (Fsp3) is 0.467. The Kier molecular flexibility index (Phi) is 4.85. The van der Waals surface area contributed by atoms with E-state index in [-0.39, 0.29) is 11.9 Å². The first-order valence-corrected chi connectivity index (χ1v) is 8.02. The molecule has 6 nitrogen and oxygen atoms in total. The molecule has 0 bridgehead atoms. The molecule has 1 atom stereocenters. The van der Waals surface area contributed by atoms with Crippen LogP contribution >= 0.6 is 11.8 Å². The van der Waals surface area contributed by atoms with Gasteiger partial charge in [-0.25, -0.2) is 9.37 Å². The monoisotopic (exact) mass is 321 g/mol. The number of carbonyl (C=O) groups excluding carboxylic acids is 2. The van der Waals surface area contributed by atoms with E-state index in [1.807, 2.05) is 30.6 Å². The molecule has 2 aliphatic heterocycles. The molecular formula is C15H21N4O2S+. The molecule has 0 aromatic rings. The van der Waals surface area contributed by atoms with Crippen LogP contribution in [0.25, 0.3) is 0 Å². The van der Waals surface area contributed by atoms with Crippen LogP contribution < -0.4 is 0 Å². The van der Waals surface area contributed by atoms with Crippen molar-refractivity contribution in [1.29, 1.82) is 0 Å². The van der Waals surface area contributed by atoms with Gasteiger partial charge in [-0.3, -0.25) is 14.6 Å². The molecule has 0 aromatic heterocycles. The summed E-state index contributed by atoms with van der Waals surface area (Å²) in [5.74, 6) is 1.02. The second-order valence-electron chi connectivity index (χ2n) is 5.36. The van der Waals surface area contributed by atoms with Crippen molar-refractivity contribution < 1.29 is 14.2 Å². The van der Waals surface area contributed by atoms with Gasteiger partial charge < -0.3 is 0 Å². The first-order valence-electron chi connectivity index (χ1n) is 7.04. The number of nitrogens with zero attached hydrogens (tertiary/aromatic N) is 4. The fourth-order valence-corrected chi connectivity index (χ4v) is 3.29. The highest BCUT2D eigenvalue weighted by atomic mass is 32.2. The third-order valence-corrected chi connectivity index (χ3v) is 4.42. The van der Waals surface area contributed by atoms with Gasteiger partial charge in [-0.1, -0.05) is 18.7 Å². The quantitative estimate of drug-likeness (QED) is 0.583. The van der Waals surface area contributed by atoms with Crippen molar-refractivity contribution in [3.05, 3.63) is 24.3 Å². The van der Waals surface area contributed by atoms with Gasteiger partial charge in [-0.05, 0) is 36.2 Å². The molecule has 1 fully saturated rings. The summed E-state index contributed by atoms with van der Waals surface area (Å²) in [6.45, 7) is 8.34. The molecule has 0 spiro atoms. The Morgan fingerprint density at radius 1 is 1.41 bits per heavy atom. The van der Waals surface area contributed by atoms with Crippen LogP contribution in [0.3, 0.4) is 0 Å². The Labute approximate surface area is 134 Å². The van der Waals surface area contributed by atoms with E-state index in [1.165, 1.54) is 11.9 Å². The van der Waals surface area contributed by atoms with E-state index < -0.39 is 6.04 Å². The fourth-order valence-electron chi connectivity index (χ4n) is 2.36. The minimum absolute atomic E-state index is 0.246. The Hall–Kier alpha value is -1.89. The largest absolute Gasteiger partial charge is 0.358 e. The van der Waals surface area contributed by atoms with E-state index in [2.05, 4.69) is 11.6 Å². The minimum atomic E-state index is -0.544. The van der Waals surface area contributed by atoms with Crippen LogP contribution in [0.15, 0.2) is 29.3 Å². The van der Waals surface area contributed by atoms with Crippen molar-refractivity contribution in [3.8, 4) is 0 Å². The van der Waals surface area contributed by atoms with Crippen molar-refractivity contribution in [1.82, 2.24) is 9.80 Å². The molecular weight excluding hydrogens is 300 g/mol. The van der Waals surface area contributed by atoms with Gasteiger partial charge in [-0.2, -0.15) is 0 Å². The number of carbonyl (C=O) groups is 2. The number of hydrogen-bond donors (Lipinski definition) is 0. The highest BCUT2D eigenvalue weighted by molar-refractivity contribution is 8.13. The van der Waals surface area contributed by atoms with E-state index in [0.29, 0.717) is 12.4 Å². The van der Waals surface area contributed by atoms with Gasteiger partial charge in [0.2, 0.25) is 0 Å². The zero-order valence-electron chi connectivity index (χ0n) is 13.4. The maximum Gasteiger partial charge on any atom is 0.358 e. The molecule has 118 valence electrons. The topological polar surface area (TPSA) is 56.0 Å². The van der Waals surface area contributed by atoms with Crippen LogP contribution in [0, 0.1) is 0 Å². The van der Waals surface area contributed by atoms with Crippen LogP contribution in [0.5, 0.6) is 0 Å². The Bertz CT molecular complexity index is 621. The number of aliphatic imine (C=N–C) groups is 1. The summed E-state index contributed by atoms with van der Waals surface area (Å²) in [5, 5.41) is 0.754. The minimum Gasteiger partial charge on any atom is -0.269 e. The Morgan fingerprint density at radius 3 is 2.68 bits per heavy atom. The number of allylic oxidation sites excluding steroid dienone is 1. The van der Waals surface area contributed by atoms with Crippen LogP contribution in [-0.2, 0) is 4.79 Å². The van der Waals surface area contributed by atoms with Crippen LogP contribution in [0.1, 0.15) is 13.8 Å². The maximum absolute atomic E-state index is 12.5. The van der Waals surface area contributed by atoms with Crippen LogP contribution in [0.4, 0.5) is 4.79 Å². The predicted molar refractivity (Wildman–Crippen MR) is 89.4 cm³/mol.